The van der Waals surface area contributed by atoms with Gasteiger partial charge < -0.3 is 4.90 Å². The van der Waals surface area contributed by atoms with Gasteiger partial charge in [-0.1, -0.05) is 72.8 Å². The Hall–Kier alpha value is -3.79. The van der Waals surface area contributed by atoms with Crippen LogP contribution in [0.5, 0.6) is 0 Å². The molecule has 4 nitrogen and oxygen atoms in total. The molecule has 0 atom stereocenters. The smallest absolute Gasteiger partial charge is 0.279 e. The summed E-state index contributed by atoms with van der Waals surface area (Å²) in [5.41, 5.74) is 7.17. The lowest BCUT2D eigenvalue weighted by atomic mass is 10.1. The average Bonchev–Trinajstić information content (AvgIpc) is 3.20. The van der Waals surface area contributed by atoms with E-state index in [1.54, 1.807) is 11.0 Å². The standard InChI is InChI=1S/C24H17N3O/c1-2-15-27-21-14-8-7-13-20(21)23(24(27)28)26-25-22-18-11-5-3-9-16(18)17-10-4-6-12-19(17)22/h2-14H,1,15H2/b26-23+. The molecule has 0 unspecified atom stereocenters. The Kier molecular flexibility index (Phi) is 3.76. The number of anilines is 1. The maximum absolute atomic E-state index is 12.9. The van der Waals surface area contributed by atoms with Crippen LogP contribution < -0.4 is 4.90 Å². The summed E-state index contributed by atoms with van der Waals surface area (Å²) in [6.07, 6.45) is 1.72. The molecule has 2 aliphatic rings. The number of amides is 1. The van der Waals surface area contributed by atoms with Gasteiger partial charge in [-0.25, -0.2) is 0 Å². The number of hydrogen-bond donors (Lipinski definition) is 0. The second-order valence-electron chi connectivity index (χ2n) is 6.71. The first-order valence-corrected chi connectivity index (χ1v) is 9.16. The molecule has 4 heteroatoms. The van der Waals surface area contributed by atoms with Gasteiger partial charge in [0.1, 0.15) is 5.71 Å². The molecular weight excluding hydrogens is 346 g/mol. The second-order valence-corrected chi connectivity index (χ2v) is 6.71. The zero-order valence-corrected chi connectivity index (χ0v) is 15.2. The van der Waals surface area contributed by atoms with Crippen molar-refractivity contribution in [1.82, 2.24) is 0 Å². The van der Waals surface area contributed by atoms with Crippen LogP contribution in [0, 0.1) is 0 Å². The van der Waals surface area contributed by atoms with Gasteiger partial charge in [0.25, 0.3) is 5.91 Å². The number of fused-ring (bicyclic) bond motifs is 4. The first kappa shape index (κ1) is 16.4. The number of hydrogen-bond acceptors (Lipinski definition) is 3. The third kappa shape index (κ3) is 2.35. The van der Waals surface area contributed by atoms with E-state index >= 15 is 0 Å². The van der Waals surface area contributed by atoms with Crippen LogP contribution in [0.3, 0.4) is 0 Å². The average molecular weight is 363 g/mol. The zero-order valence-electron chi connectivity index (χ0n) is 15.2. The van der Waals surface area contributed by atoms with Crippen LogP contribution in [0.4, 0.5) is 5.69 Å². The van der Waals surface area contributed by atoms with Crippen LogP contribution in [0.2, 0.25) is 0 Å². The quantitative estimate of drug-likeness (QED) is 0.392. The fourth-order valence-electron chi connectivity index (χ4n) is 3.87. The highest BCUT2D eigenvalue weighted by atomic mass is 16.2. The van der Waals surface area contributed by atoms with Crippen molar-refractivity contribution >= 4 is 23.0 Å². The lowest BCUT2D eigenvalue weighted by Gasteiger charge is -2.13. The van der Waals surface area contributed by atoms with Crippen LogP contribution in [0.15, 0.2) is 95.7 Å². The largest absolute Gasteiger partial charge is 0.302 e. The fraction of sp³-hybridized carbons (Fsp3) is 0.0417. The van der Waals surface area contributed by atoms with E-state index in [1.165, 1.54) is 0 Å². The molecule has 0 saturated carbocycles. The summed E-state index contributed by atoms with van der Waals surface area (Å²) in [4.78, 5) is 14.6. The minimum absolute atomic E-state index is 0.148. The number of carbonyl (C=O) groups is 1. The third-order valence-electron chi connectivity index (χ3n) is 5.11. The maximum Gasteiger partial charge on any atom is 0.279 e. The second kappa shape index (κ2) is 6.43. The number of benzene rings is 3. The van der Waals surface area contributed by atoms with E-state index in [4.69, 9.17) is 0 Å². The van der Waals surface area contributed by atoms with E-state index < -0.39 is 0 Å². The van der Waals surface area contributed by atoms with Crippen LogP contribution in [0.25, 0.3) is 11.1 Å². The fourth-order valence-corrected chi connectivity index (χ4v) is 3.87. The van der Waals surface area contributed by atoms with Gasteiger partial charge >= 0.3 is 0 Å². The summed E-state index contributed by atoms with van der Waals surface area (Å²) >= 11 is 0. The first-order chi connectivity index (χ1) is 13.8. The number of rotatable bonds is 3. The predicted molar refractivity (Wildman–Crippen MR) is 113 cm³/mol. The van der Waals surface area contributed by atoms with Crippen molar-refractivity contribution in [3.05, 3.63) is 102 Å². The monoisotopic (exact) mass is 363 g/mol. The van der Waals surface area contributed by atoms with E-state index in [1.807, 2.05) is 60.7 Å². The minimum atomic E-state index is -0.148. The van der Waals surface area contributed by atoms with Crippen molar-refractivity contribution < 1.29 is 4.79 Å². The molecule has 1 heterocycles. The summed E-state index contributed by atoms with van der Waals surface area (Å²) in [5, 5.41) is 9.00. The molecule has 0 saturated heterocycles. The highest BCUT2D eigenvalue weighted by molar-refractivity contribution is 6.54. The van der Waals surface area contributed by atoms with Gasteiger partial charge in [0.15, 0.2) is 5.71 Å². The van der Waals surface area contributed by atoms with E-state index in [9.17, 15) is 4.79 Å². The molecular formula is C24H17N3O. The molecule has 5 rings (SSSR count). The van der Waals surface area contributed by atoms with E-state index in [0.717, 1.165) is 39.2 Å². The highest BCUT2D eigenvalue weighted by Gasteiger charge is 2.33. The highest BCUT2D eigenvalue weighted by Crippen LogP contribution is 2.37. The maximum atomic E-state index is 12.9. The van der Waals surface area contributed by atoms with Gasteiger partial charge in [-0.05, 0) is 17.2 Å². The first-order valence-electron chi connectivity index (χ1n) is 9.16. The van der Waals surface area contributed by atoms with Gasteiger partial charge in [-0.15, -0.1) is 16.8 Å². The van der Waals surface area contributed by atoms with Crippen LogP contribution in [-0.4, -0.2) is 23.9 Å². The molecule has 1 amide bonds. The van der Waals surface area contributed by atoms with E-state index in [2.05, 4.69) is 28.9 Å². The molecule has 0 N–H and O–H groups in total. The summed E-state index contributed by atoms with van der Waals surface area (Å²) in [6.45, 7) is 4.20. The third-order valence-corrected chi connectivity index (χ3v) is 5.11. The molecule has 3 aromatic rings. The SMILES string of the molecule is C=CCN1C(=O)/C(=N/N=C2c3ccccc3-c3ccccc32)c2ccccc21. The van der Waals surface area contributed by atoms with Crippen molar-refractivity contribution in [2.45, 2.75) is 0 Å². The lowest BCUT2D eigenvalue weighted by molar-refractivity contribution is -0.112. The normalized spacial score (nSPS) is 15.4. The number of carbonyl (C=O) groups excluding carboxylic acids is 1. The zero-order chi connectivity index (χ0) is 19.1. The van der Waals surface area contributed by atoms with E-state index in [0.29, 0.717) is 12.3 Å². The summed E-state index contributed by atoms with van der Waals surface area (Å²) in [7, 11) is 0. The predicted octanol–water partition coefficient (Wildman–Crippen LogP) is 4.44. The van der Waals surface area contributed by atoms with Gasteiger partial charge in [0, 0.05) is 23.2 Å². The van der Waals surface area contributed by atoms with Crippen molar-refractivity contribution in [2.75, 3.05) is 11.4 Å². The molecule has 3 aromatic carbocycles. The van der Waals surface area contributed by atoms with Crippen LogP contribution in [-0.2, 0) is 4.79 Å². The minimum Gasteiger partial charge on any atom is -0.302 e. The summed E-state index contributed by atoms with van der Waals surface area (Å²) in [5.74, 6) is -0.148. The molecule has 28 heavy (non-hydrogen) atoms. The Bertz CT molecular complexity index is 1140. The number of nitrogens with zero attached hydrogens (tertiary/aromatic N) is 3. The Balaban J connectivity index is 1.66. The molecule has 1 aliphatic heterocycles. The van der Waals surface area contributed by atoms with Crippen molar-refractivity contribution in [1.29, 1.82) is 0 Å². The van der Waals surface area contributed by atoms with Crippen molar-refractivity contribution in [3.8, 4) is 11.1 Å². The van der Waals surface area contributed by atoms with Crippen LogP contribution in [0.1, 0.15) is 16.7 Å². The number of para-hydroxylation sites is 1. The summed E-state index contributed by atoms with van der Waals surface area (Å²) in [6, 6.07) is 24.0. The Morgan fingerprint density at radius 1 is 0.714 bits per heavy atom. The Morgan fingerprint density at radius 2 is 1.21 bits per heavy atom. The lowest BCUT2D eigenvalue weighted by Crippen LogP contribution is -2.30. The topological polar surface area (TPSA) is 45.0 Å². The molecule has 134 valence electrons. The molecule has 0 fully saturated rings. The van der Waals surface area contributed by atoms with Crippen molar-refractivity contribution in [2.24, 2.45) is 10.2 Å². The van der Waals surface area contributed by atoms with Gasteiger partial charge in [-0.2, -0.15) is 0 Å². The summed E-state index contributed by atoms with van der Waals surface area (Å²) < 4.78 is 0. The molecule has 1 aliphatic carbocycles. The van der Waals surface area contributed by atoms with E-state index in [-0.39, 0.29) is 5.91 Å². The van der Waals surface area contributed by atoms with Gasteiger partial charge in [0.2, 0.25) is 0 Å². The molecule has 0 aromatic heterocycles. The van der Waals surface area contributed by atoms with Crippen LogP contribution >= 0.6 is 0 Å². The molecule has 0 spiro atoms. The van der Waals surface area contributed by atoms with Gasteiger partial charge in [0.05, 0.1) is 5.69 Å². The molecule has 0 radical (unpaired) electrons. The molecule has 0 bridgehead atoms. The Labute approximate surface area is 163 Å². The van der Waals surface area contributed by atoms with Crippen molar-refractivity contribution in [3.63, 3.8) is 0 Å². The Morgan fingerprint density at radius 3 is 1.82 bits per heavy atom. The van der Waals surface area contributed by atoms with Gasteiger partial charge in [-0.3, -0.25) is 4.79 Å².